The van der Waals surface area contributed by atoms with Gasteiger partial charge in [-0.15, -0.1) is 0 Å². The highest BCUT2D eigenvalue weighted by Crippen LogP contribution is 2.37. The summed E-state index contributed by atoms with van der Waals surface area (Å²) >= 11 is 5.84. The van der Waals surface area contributed by atoms with E-state index in [1.807, 2.05) is 0 Å². The number of aliphatic carboxylic acids is 1. The van der Waals surface area contributed by atoms with E-state index in [1.54, 1.807) is 0 Å². The third kappa shape index (κ3) is 3.51. The van der Waals surface area contributed by atoms with Crippen LogP contribution in [0.3, 0.4) is 0 Å². The van der Waals surface area contributed by atoms with Crippen LogP contribution in [0.2, 0.25) is 5.02 Å². The van der Waals surface area contributed by atoms with Gasteiger partial charge >= 0.3 is 5.97 Å². The van der Waals surface area contributed by atoms with E-state index in [-0.39, 0.29) is 24.3 Å². The Balaban J connectivity index is 2.96. The lowest BCUT2D eigenvalue weighted by Gasteiger charge is -2.15. The molecule has 0 heterocycles. The van der Waals surface area contributed by atoms with Crippen molar-refractivity contribution >= 4 is 17.6 Å². The minimum atomic E-state index is -0.936. The number of phenols is 1. The van der Waals surface area contributed by atoms with E-state index >= 15 is 0 Å². The molecule has 0 radical (unpaired) electrons. The first-order valence-electron chi connectivity index (χ1n) is 4.99. The summed E-state index contributed by atoms with van der Waals surface area (Å²) in [5.41, 5.74) is 6.18. The summed E-state index contributed by atoms with van der Waals surface area (Å²) in [5, 5.41) is 18.8. The Morgan fingerprint density at radius 1 is 1.59 bits per heavy atom. The summed E-state index contributed by atoms with van der Waals surface area (Å²) in [6.45, 7) is 0. The van der Waals surface area contributed by atoms with Crippen molar-refractivity contribution < 1.29 is 19.7 Å². The molecular weight excluding hydrogens is 246 g/mol. The van der Waals surface area contributed by atoms with Crippen LogP contribution in [-0.4, -0.2) is 23.3 Å². The molecule has 0 saturated carbocycles. The first-order valence-corrected chi connectivity index (χ1v) is 5.37. The Kier molecular flexibility index (Phi) is 4.60. The minimum absolute atomic E-state index is 0.0740. The van der Waals surface area contributed by atoms with Gasteiger partial charge < -0.3 is 20.7 Å². The number of hydrogen-bond donors (Lipinski definition) is 3. The quantitative estimate of drug-likeness (QED) is 0.751. The third-order valence-electron chi connectivity index (χ3n) is 2.36. The maximum absolute atomic E-state index is 10.4. The van der Waals surface area contributed by atoms with Gasteiger partial charge in [-0.25, -0.2) is 0 Å². The molecule has 1 atom stereocenters. The lowest BCUT2D eigenvalue weighted by atomic mass is 10.0. The number of halogens is 1. The van der Waals surface area contributed by atoms with Crippen LogP contribution >= 0.6 is 11.6 Å². The topological polar surface area (TPSA) is 92.8 Å². The number of carboxylic acids is 1. The van der Waals surface area contributed by atoms with Gasteiger partial charge in [0.25, 0.3) is 0 Å². The molecule has 0 aromatic heterocycles. The van der Waals surface area contributed by atoms with E-state index in [1.165, 1.54) is 19.2 Å². The van der Waals surface area contributed by atoms with Gasteiger partial charge in [0.05, 0.1) is 7.11 Å². The standard InChI is InChI=1S/C11H14ClNO4/c1-17-9-5-6(12)4-7(11(9)16)8(13)2-3-10(14)15/h4-5,8,16H,2-3,13H2,1H3,(H,14,15). The van der Waals surface area contributed by atoms with E-state index < -0.39 is 12.0 Å². The fourth-order valence-corrected chi connectivity index (χ4v) is 1.68. The number of ether oxygens (including phenoxy) is 1. The van der Waals surface area contributed by atoms with Crippen molar-refractivity contribution in [2.75, 3.05) is 7.11 Å². The summed E-state index contributed by atoms with van der Waals surface area (Å²) < 4.78 is 4.94. The van der Waals surface area contributed by atoms with Crippen LogP contribution in [0.15, 0.2) is 12.1 Å². The second-order valence-corrected chi connectivity index (χ2v) is 4.02. The van der Waals surface area contributed by atoms with Crippen LogP contribution in [0.5, 0.6) is 11.5 Å². The van der Waals surface area contributed by atoms with Gasteiger partial charge in [0.15, 0.2) is 11.5 Å². The number of aromatic hydroxyl groups is 1. The molecular formula is C11H14ClNO4. The molecule has 1 unspecified atom stereocenters. The predicted octanol–water partition coefficient (Wildman–Crippen LogP) is 1.92. The molecule has 0 bridgehead atoms. The number of rotatable bonds is 5. The van der Waals surface area contributed by atoms with Crippen LogP contribution in [0.25, 0.3) is 0 Å². The number of carboxylic acid groups (broad SMARTS) is 1. The monoisotopic (exact) mass is 259 g/mol. The first kappa shape index (κ1) is 13.6. The minimum Gasteiger partial charge on any atom is -0.504 e. The molecule has 1 rings (SSSR count). The number of methoxy groups -OCH3 is 1. The number of phenolic OH excluding ortho intramolecular Hbond substituents is 1. The van der Waals surface area contributed by atoms with Crippen LogP contribution in [0, 0.1) is 0 Å². The second-order valence-electron chi connectivity index (χ2n) is 3.58. The highest BCUT2D eigenvalue weighted by molar-refractivity contribution is 6.30. The zero-order valence-corrected chi connectivity index (χ0v) is 10.1. The summed E-state index contributed by atoms with van der Waals surface area (Å²) in [4.78, 5) is 10.4. The zero-order valence-electron chi connectivity index (χ0n) is 9.31. The molecule has 6 heteroatoms. The average Bonchev–Trinajstić information content (AvgIpc) is 2.28. The largest absolute Gasteiger partial charge is 0.504 e. The number of hydrogen-bond acceptors (Lipinski definition) is 4. The molecule has 0 aliphatic heterocycles. The number of nitrogens with two attached hydrogens (primary N) is 1. The molecule has 0 spiro atoms. The van der Waals surface area contributed by atoms with Crippen molar-refractivity contribution in [3.05, 3.63) is 22.7 Å². The van der Waals surface area contributed by atoms with Crippen molar-refractivity contribution in [2.24, 2.45) is 5.73 Å². The lowest BCUT2D eigenvalue weighted by Crippen LogP contribution is -2.12. The summed E-state index contributed by atoms with van der Waals surface area (Å²) in [7, 11) is 1.40. The molecule has 0 aliphatic rings. The van der Waals surface area contributed by atoms with Gasteiger partial charge in [0.2, 0.25) is 0 Å². The highest BCUT2D eigenvalue weighted by Gasteiger charge is 2.17. The SMILES string of the molecule is COc1cc(Cl)cc(C(N)CCC(=O)O)c1O. The molecule has 0 saturated heterocycles. The first-order chi connectivity index (χ1) is 7.95. The Morgan fingerprint density at radius 2 is 2.24 bits per heavy atom. The lowest BCUT2D eigenvalue weighted by molar-refractivity contribution is -0.137. The van der Waals surface area contributed by atoms with Gasteiger partial charge in [-0.1, -0.05) is 11.6 Å². The molecule has 4 N–H and O–H groups in total. The molecule has 0 aliphatic carbocycles. The smallest absolute Gasteiger partial charge is 0.303 e. The number of carbonyl (C=O) groups is 1. The van der Waals surface area contributed by atoms with Gasteiger partial charge in [-0.05, 0) is 12.5 Å². The van der Waals surface area contributed by atoms with Crippen molar-refractivity contribution in [3.63, 3.8) is 0 Å². The molecule has 0 amide bonds. The van der Waals surface area contributed by atoms with Gasteiger partial charge in [-0.2, -0.15) is 0 Å². The zero-order chi connectivity index (χ0) is 13.0. The second kappa shape index (κ2) is 5.75. The maximum Gasteiger partial charge on any atom is 0.303 e. The van der Waals surface area contributed by atoms with E-state index in [9.17, 15) is 9.90 Å². The van der Waals surface area contributed by atoms with E-state index in [2.05, 4.69) is 0 Å². The predicted molar refractivity (Wildman–Crippen MR) is 63.5 cm³/mol. The van der Waals surface area contributed by atoms with E-state index in [4.69, 9.17) is 27.2 Å². The molecule has 17 heavy (non-hydrogen) atoms. The maximum atomic E-state index is 10.4. The van der Waals surface area contributed by atoms with Gasteiger partial charge in [0, 0.05) is 29.1 Å². The Morgan fingerprint density at radius 3 is 2.76 bits per heavy atom. The highest BCUT2D eigenvalue weighted by atomic mass is 35.5. The fourth-order valence-electron chi connectivity index (χ4n) is 1.47. The van der Waals surface area contributed by atoms with Crippen molar-refractivity contribution in [3.8, 4) is 11.5 Å². The molecule has 5 nitrogen and oxygen atoms in total. The fraction of sp³-hybridized carbons (Fsp3) is 0.364. The Hall–Kier alpha value is -1.46. The molecule has 0 fully saturated rings. The molecule has 1 aromatic carbocycles. The molecule has 1 aromatic rings. The van der Waals surface area contributed by atoms with Gasteiger partial charge in [0.1, 0.15) is 0 Å². The van der Waals surface area contributed by atoms with Crippen molar-refractivity contribution in [1.29, 1.82) is 0 Å². The third-order valence-corrected chi connectivity index (χ3v) is 2.58. The Labute approximate surface area is 104 Å². The summed E-state index contributed by atoms with van der Waals surface area (Å²) in [6, 6.07) is 2.37. The Bertz CT molecular complexity index is 422. The molecule has 94 valence electrons. The van der Waals surface area contributed by atoms with Crippen LogP contribution in [0.4, 0.5) is 0 Å². The summed E-state index contributed by atoms with van der Waals surface area (Å²) in [5.74, 6) is -0.818. The number of benzene rings is 1. The van der Waals surface area contributed by atoms with Crippen LogP contribution < -0.4 is 10.5 Å². The van der Waals surface area contributed by atoms with Crippen LogP contribution in [0.1, 0.15) is 24.4 Å². The summed E-state index contributed by atoms with van der Waals surface area (Å²) in [6.07, 6.45) is 0.141. The normalized spacial score (nSPS) is 12.2. The van der Waals surface area contributed by atoms with Gasteiger partial charge in [-0.3, -0.25) is 4.79 Å². The van der Waals surface area contributed by atoms with E-state index in [0.29, 0.717) is 10.6 Å². The van der Waals surface area contributed by atoms with E-state index in [0.717, 1.165) is 0 Å². The average molecular weight is 260 g/mol. The van der Waals surface area contributed by atoms with Crippen molar-refractivity contribution in [2.45, 2.75) is 18.9 Å². The van der Waals surface area contributed by atoms with Crippen molar-refractivity contribution in [1.82, 2.24) is 0 Å². The van der Waals surface area contributed by atoms with Crippen LogP contribution in [-0.2, 0) is 4.79 Å².